The van der Waals surface area contributed by atoms with Crippen LogP contribution in [-0.4, -0.2) is 11.5 Å². The fourth-order valence-electron chi connectivity index (χ4n) is 1.17. The van der Waals surface area contributed by atoms with E-state index in [1.54, 1.807) is 6.92 Å². The van der Waals surface area contributed by atoms with Crippen LogP contribution in [0.3, 0.4) is 0 Å². The van der Waals surface area contributed by atoms with Crippen LogP contribution in [-0.2, 0) is 6.18 Å². The lowest BCUT2D eigenvalue weighted by Crippen LogP contribution is -2.07. The number of ether oxygens (including phenoxy) is 1. The fourth-order valence-corrected chi connectivity index (χ4v) is 1.17. The molecule has 7 heteroatoms. The third kappa shape index (κ3) is 3.33. The zero-order chi connectivity index (χ0) is 13.1. The summed E-state index contributed by atoms with van der Waals surface area (Å²) in [5.74, 6) is -0.148. The van der Waals surface area contributed by atoms with Gasteiger partial charge in [-0.1, -0.05) is 6.92 Å². The molecule has 0 fully saturated rings. The molecule has 17 heavy (non-hydrogen) atoms. The van der Waals surface area contributed by atoms with Crippen molar-refractivity contribution in [3.8, 4) is 5.75 Å². The van der Waals surface area contributed by atoms with Gasteiger partial charge >= 0.3 is 11.9 Å². The first-order valence-electron chi connectivity index (χ1n) is 4.84. The van der Waals surface area contributed by atoms with Gasteiger partial charge in [-0.15, -0.1) is 0 Å². The van der Waals surface area contributed by atoms with E-state index in [4.69, 9.17) is 4.74 Å². The van der Waals surface area contributed by atoms with Gasteiger partial charge in [-0.2, -0.15) is 13.2 Å². The van der Waals surface area contributed by atoms with Gasteiger partial charge in [0.15, 0.2) is 5.75 Å². The highest BCUT2D eigenvalue weighted by Crippen LogP contribution is 2.35. The van der Waals surface area contributed by atoms with Crippen molar-refractivity contribution in [1.82, 2.24) is 0 Å². The van der Waals surface area contributed by atoms with E-state index in [0.29, 0.717) is 12.5 Å². The second-order valence-electron chi connectivity index (χ2n) is 3.29. The van der Waals surface area contributed by atoms with Crippen molar-refractivity contribution in [1.29, 1.82) is 0 Å². The number of rotatable bonds is 4. The minimum Gasteiger partial charge on any atom is -0.487 e. The van der Waals surface area contributed by atoms with Gasteiger partial charge in [0.05, 0.1) is 17.1 Å². The highest BCUT2D eigenvalue weighted by Gasteiger charge is 2.33. The molecule has 0 radical (unpaired) electrons. The molecule has 0 saturated heterocycles. The molecule has 0 saturated carbocycles. The number of halogens is 3. The molecule has 0 heterocycles. The van der Waals surface area contributed by atoms with Crippen LogP contribution in [0.4, 0.5) is 18.9 Å². The Balaban J connectivity index is 3.13. The zero-order valence-electron chi connectivity index (χ0n) is 8.95. The molecule has 0 atom stereocenters. The maximum absolute atomic E-state index is 12.4. The summed E-state index contributed by atoms with van der Waals surface area (Å²) >= 11 is 0. The quantitative estimate of drug-likeness (QED) is 0.607. The van der Waals surface area contributed by atoms with Crippen molar-refractivity contribution < 1.29 is 22.8 Å². The highest BCUT2D eigenvalue weighted by atomic mass is 19.4. The lowest BCUT2D eigenvalue weighted by molar-refractivity contribution is -0.386. The third-order valence-electron chi connectivity index (χ3n) is 1.94. The second kappa shape index (κ2) is 5.03. The number of nitro benzene ring substituents is 1. The molecule has 0 N–H and O–H groups in total. The van der Waals surface area contributed by atoms with Crippen molar-refractivity contribution in [2.24, 2.45) is 0 Å². The Bertz CT molecular complexity index is 418. The standard InChI is InChI=1S/C10H10F3NO3/c1-2-5-17-9-4-3-7(10(11,12)13)6-8(9)14(15)16/h3-4,6H,2,5H2,1H3. The SMILES string of the molecule is CCCOc1ccc(C(F)(F)F)cc1[N+](=O)[O-]. The smallest absolute Gasteiger partial charge is 0.416 e. The maximum Gasteiger partial charge on any atom is 0.416 e. The summed E-state index contributed by atoms with van der Waals surface area (Å²) in [6, 6.07) is 2.21. The van der Waals surface area contributed by atoms with Gasteiger partial charge in [0.2, 0.25) is 0 Å². The molecular weight excluding hydrogens is 239 g/mol. The molecule has 0 bridgehead atoms. The van der Waals surface area contributed by atoms with Crippen LogP contribution >= 0.6 is 0 Å². The van der Waals surface area contributed by atoms with Gasteiger partial charge in [-0.05, 0) is 18.6 Å². The number of nitro groups is 1. The Kier molecular flexibility index (Phi) is 3.93. The Morgan fingerprint density at radius 2 is 2.06 bits per heavy atom. The lowest BCUT2D eigenvalue weighted by atomic mass is 10.2. The molecule has 1 rings (SSSR count). The lowest BCUT2D eigenvalue weighted by Gasteiger charge is -2.09. The van der Waals surface area contributed by atoms with Gasteiger partial charge in [0, 0.05) is 6.07 Å². The molecule has 0 spiro atoms. The number of hydrogen-bond donors (Lipinski definition) is 0. The molecule has 0 aliphatic carbocycles. The van der Waals surface area contributed by atoms with Crippen molar-refractivity contribution in [2.75, 3.05) is 6.61 Å². The Morgan fingerprint density at radius 3 is 2.53 bits per heavy atom. The Morgan fingerprint density at radius 1 is 1.41 bits per heavy atom. The predicted molar refractivity (Wildman–Crippen MR) is 53.9 cm³/mol. The summed E-state index contributed by atoms with van der Waals surface area (Å²) in [6.07, 6.45) is -3.99. The van der Waals surface area contributed by atoms with Crippen LogP contribution in [0, 0.1) is 10.1 Å². The van der Waals surface area contributed by atoms with E-state index in [9.17, 15) is 23.3 Å². The summed E-state index contributed by atoms with van der Waals surface area (Å²) in [5, 5.41) is 10.6. The Hall–Kier alpha value is -1.79. The minimum atomic E-state index is -4.60. The monoisotopic (exact) mass is 249 g/mol. The number of nitrogens with zero attached hydrogens (tertiary/aromatic N) is 1. The molecule has 4 nitrogen and oxygen atoms in total. The van der Waals surface area contributed by atoms with E-state index < -0.39 is 22.4 Å². The van der Waals surface area contributed by atoms with Crippen LogP contribution < -0.4 is 4.74 Å². The molecule has 0 amide bonds. The van der Waals surface area contributed by atoms with E-state index in [0.717, 1.165) is 12.1 Å². The summed E-state index contributed by atoms with van der Waals surface area (Å²) in [7, 11) is 0. The minimum absolute atomic E-state index is 0.148. The highest BCUT2D eigenvalue weighted by molar-refractivity contribution is 5.49. The summed E-state index contributed by atoms with van der Waals surface area (Å²) < 4.78 is 42.1. The number of alkyl halides is 3. The number of benzene rings is 1. The molecule has 0 aromatic heterocycles. The molecular formula is C10H10F3NO3. The largest absolute Gasteiger partial charge is 0.487 e. The van der Waals surface area contributed by atoms with E-state index in [-0.39, 0.29) is 12.4 Å². The topological polar surface area (TPSA) is 52.4 Å². The first-order valence-corrected chi connectivity index (χ1v) is 4.84. The maximum atomic E-state index is 12.4. The Labute approximate surface area is 95.2 Å². The average molecular weight is 249 g/mol. The molecule has 1 aromatic rings. The fraction of sp³-hybridized carbons (Fsp3) is 0.400. The van der Waals surface area contributed by atoms with Crippen LogP contribution in [0.15, 0.2) is 18.2 Å². The summed E-state index contributed by atoms with van der Waals surface area (Å²) in [6.45, 7) is 2.00. The molecule has 0 aliphatic heterocycles. The predicted octanol–water partition coefficient (Wildman–Crippen LogP) is 3.40. The van der Waals surface area contributed by atoms with Gasteiger partial charge in [0.25, 0.3) is 0 Å². The second-order valence-corrected chi connectivity index (χ2v) is 3.29. The molecule has 1 aromatic carbocycles. The van der Waals surface area contributed by atoms with E-state index in [1.165, 1.54) is 0 Å². The van der Waals surface area contributed by atoms with Crippen LogP contribution in [0.25, 0.3) is 0 Å². The van der Waals surface area contributed by atoms with Gasteiger partial charge in [0.1, 0.15) is 0 Å². The molecule has 0 unspecified atom stereocenters. The third-order valence-corrected chi connectivity index (χ3v) is 1.94. The van der Waals surface area contributed by atoms with E-state index >= 15 is 0 Å². The van der Waals surface area contributed by atoms with Crippen LogP contribution in [0.5, 0.6) is 5.75 Å². The van der Waals surface area contributed by atoms with Gasteiger partial charge in [-0.3, -0.25) is 10.1 Å². The first-order chi connectivity index (χ1) is 7.86. The summed E-state index contributed by atoms with van der Waals surface area (Å²) in [4.78, 5) is 9.73. The van der Waals surface area contributed by atoms with Gasteiger partial charge < -0.3 is 4.74 Å². The van der Waals surface area contributed by atoms with E-state index in [1.807, 2.05) is 0 Å². The summed E-state index contributed by atoms with van der Waals surface area (Å²) in [5.41, 5.74) is -1.73. The molecule has 94 valence electrons. The van der Waals surface area contributed by atoms with Gasteiger partial charge in [-0.25, -0.2) is 0 Å². The van der Waals surface area contributed by atoms with Crippen LogP contribution in [0.1, 0.15) is 18.9 Å². The first kappa shape index (κ1) is 13.3. The van der Waals surface area contributed by atoms with Crippen LogP contribution in [0.2, 0.25) is 0 Å². The normalized spacial score (nSPS) is 11.3. The van der Waals surface area contributed by atoms with Crippen molar-refractivity contribution in [2.45, 2.75) is 19.5 Å². The number of hydrogen-bond acceptors (Lipinski definition) is 3. The zero-order valence-corrected chi connectivity index (χ0v) is 8.95. The van der Waals surface area contributed by atoms with Crippen molar-refractivity contribution in [3.63, 3.8) is 0 Å². The average Bonchev–Trinajstić information content (AvgIpc) is 2.24. The van der Waals surface area contributed by atoms with Crippen molar-refractivity contribution in [3.05, 3.63) is 33.9 Å². The van der Waals surface area contributed by atoms with Crippen molar-refractivity contribution >= 4 is 5.69 Å². The molecule has 0 aliphatic rings. The van der Waals surface area contributed by atoms with E-state index in [2.05, 4.69) is 0 Å².